The van der Waals surface area contributed by atoms with Crippen LogP contribution in [-0.4, -0.2) is 22.9 Å². The van der Waals surface area contributed by atoms with Crippen LogP contribution in [0.25, 0.3) is 0 Å². The predicted molar refractivity (Wildman–Crippen MR) is 64.3 cm³/mol. The molecule has 1 rings (SSSR count). The molecule has 14 heavy (non-hydrogen) atoms. The molecule has 6 heteroatoms. The number of esters is 1. The summed E-state index contributed by atoms with van der Waals surface area (Å²) in [4.78, 5) is 11.1. The van der Waals surface area contributed by atoms with Crippen molar-refractivity contribution in [3.63, 3.8) is 0 Å². The van der Waals surface area contributed by atoms with E-state index in [9.17, 15) is 4.79 Å². The van der Waals surface area contributed by atoms with Crippen LogP contribution in [0, 0.1) is 10.5 Å². The molecule has 0 unspecified atom stereocenters. The smallest absolute Gasteiger partial charge is 0.327 e. The van der Waals surface area contributed by atoms with Crippen LogP contribution in [0.4, 0.5) is 0 Å². The highest BCUT2D eigenvalue weighted by Crippen LogP contribution is 2.18. The number of rotatable bonds is 3. The minimum Gasteiger partial charge on any atom is -0.468 e. The summed E-state index contributed by atoms with van der Waals surface area (Å²) in [6.07, 6.45) is 0. The molecule has 1 aromatic heterocycles. The second-order valence-corrected chi connectivity index (χ2v) is 4.35. The second-order valence-electron chi connectivity index (χ2n) is 2.71. The van der Waals surface area contributed by atoms with Gasteiger partial charge in [-0.25, -0.2) is 0 Å². The Morgan fingerprint density at radius 3 is 2.86 bits per heavy atom. The van der Waals surface area contributed by atoms with E-state index >= 15 is 0 Å². The maximum absolute atomic E-state index is 11.1. The van der Waals surface area contributed by atoms with Crippen molar-refractivity contribution in [1.29, 1.82) is 0 Å². The number of halogens is 2. The Balaban J connectivity index is 2.96. The SMILES string of the molecule is COC(=O)Cn1nc(C)c(I)c1CBr. The Bertz CT molecular complexity index is 351. The normalized spacial score (nSPS) is 10.3. The lowest BCUT2D eigenvalue weighted by molar-refractivity contribution is -0.141. The van der Waals surface area contributed by atoms with E-state index in [1.54, 1.807) is 4.68 Å². The largest absolute Gasteiger partial charge is 0.468 e. The summed E-state index contributed by atoms with van der Waals surface area (Å²) in [5.74, 6) is -0.286. The molecule has 0 saturated carbocycles. The van der Waals surface area contributed by atoms with Crippen LogP contribution >= 0.6 is 38.5 Å². The van der Waals surface area contributed by atoms with E-state index < -0.39 is 0 Å². The first kappa shape index (κ1) is 12.0. The summed E-state index contributed by atoms with van der Waals surface area (Å²) in [7, 11) is 1.37. The maximum atomic E-state index is 11.1. The van der Waals surface area contributed by atoms with Gasteiger partial charge in [-0.2, -0.15) is 5.10 Å². The Morgan fingerprint density at radius 2 is 2.36 bits per heavy atom. The lowest BCUT2D eigenvalue weighted by Crippen LogP contribution is -2.14. The van der Waals surface area contributed by atoms with Gasteiger partial charge < -0.3 is 4.74 Å². The van der Waals surface area contributed by atoms with Crippen molar-refractivity contribution < 1.29 is 9.53 Å². The van der Waals surface area contributed by atoms with Crippen molar-refractivity contribution in [2.45, 2.75) is 18.8 Å². The average molecular weight is 373 g/mol. The van der Waals surface area contributed by atoms with Crippen molar-refractivity contribution in [2.24, 2.45) is 0 Å². The molecule has 0 amide bonds. The Labute approximate surface area is 104 Å². The van der Waals surface area contributed by atoms with E-state index in [0.29, 0.717) is 5.33 Å². The fourth-order valence-electron chi connectivity index (χ4n) is 1.05. The molecule has 0 aromatic carbocycles. The van der Waals surface area contributed by atoms with Gasteiger partial charge in [-0.3, -0.25) is 9.48 Å². The molecule has 0 aliphatic rings. The second kappa shape index (κ2) is 5.11. The van der Waals surface area contributed by atoms with Gasteiger partial charge in [0.05, 0.1) is 22.1 Å². The number of carbonyl (C=O) groups excluding carboxylic acids is 1. The lowest BCUT2D eigenvalue weighted by Gasteiger charge is -2.03. The van der Waals surface area contributed by atoms with Gasteiger partial charge in [0.15, 0.2) is 0 Å². The van der Waals surface area contributed by atoms with Crippen LogP contribution in [-0.2, 0) is 21.4 Å². The van der Waals surface area contributed by atoms with Crippen LogP contribution in [0.2, 0.25) is 0 Å². The molecule has 0 aliphatic carbocycles. The standard InChI is InChI=1S/C8H10BrIN2O2/c1-5-8(10)6(3-9)12(11-5)4-7(13)14-2/h3-4H2,1-2H3. The molecule has 0 radical (unpaired) electrons. The number of alkyl halides is 1. The fraction of sp³-hybridized carbons (Fsp3) is 0.500. The van der Waals surface area contributed by atoms with Crippen LogP contribution in [0.3, 0.4) is 0 Å². The van der Waals surface area contributed by atoms with Crippen molar-refractivity contribution >= 4 is 44.5 Å². The van der Waals surface area contributed by atoms with Gasteiger partial charge in [0.1, 0.15) is 6.54 Å². The third-order valence-electron chi connectivity index (χ3n) is 1.79. The summed E-state index contributed by atoms with van der Waals surface area (Å²) in [5, 5.41) is 4.93. The van der Waals surface area contributed by atoms with E-state index in [0.717, 1.165) is 15.0 Å². The number of hydrogen-bond acceptors (Lipinski definition) is 3. The van der Waals surface area contributed by atoms with Gasteiger partial charge in [-0.05, 0) is 29.5 Å². The number of aryl methyl sites for hydroxylation is 1. The topological polar surface area (TPSA) is 44.1 Å². The molecule has 0 N–H and O–H groups in total. The first-order chi connectivity index (χ1) is 6.60. The number of ether oxygens (including phenoxy) is 1. The highest BCUT2D eigenvalue weighted by Gasteiger charge is 2.13. The van der Waals surface area contributed by atoms with Gasteiger partial charge in [0, 0.05) is 5.33 Å². The summed E-state index contributed by atoms with van der Waals surface area (Å²) in [6.45, 7) is 2.09. The fourth-order valence-corrected chi connectivity index (χ4v) is 2.72. The zero-order valence-corrected chi connectivity index (χ0v) is 11.6. The van der Waals surface area contributed by atoms with Crippen LogP contribution in [0.5, 0.6) is 0 Å². The number of aromatic nitrogens is 2. The van der Waals surface area contributed by atoms with E-state index in [1.807, 2.05) is 6.92 Å². The first-order valence-electron chi connectivity index (χ1n) is 3.94. The van der Waals surface area contributed by atoms with Crippen molar-refractivity contribution in [3.8, 4) is 0 Å². The number of methoxy groups -OCH3 is 1. The van der Waals surface area contributed by atoms with Crippen LogP contribution in [0.15, 0.2) is 0 Å². The summed E-state index contributed by atoms with van der Waals surface area (Å²) in [6, 6.07) is 0. The van der Waals surface area contributed by atoms with E-state index in [4.69, 9.17) is 0 Å². The van der Waals surface area contributed by atoms with E-state index in [2.05, 4.69) is 48.4 Å². The minimum atomic E-state index is -0.286. The van der Waals surface area contributed by atoms with E-state index in [-0.39, 0.29) is 12.5 Å². The summed E-state index contributed by atoms with van der Waals surface area (Å²) >= 11 is 5.59. The van der Waals surface area contributed by atoms with Gasteiger partial charge in [-0.1, -0.05) is 15.9 Å². The highest BCUT2D eigenvalue weighted by molar-refractivity contribution is 14.1. The molecule has 4 nitrogen and oxygen atoms in total. The molecule has 1 heterocycles. The molecule has 0 spiro atoms. The van der Waals surface area contributed by atoms with Gasteiger partial charge in [0.2, 0.25) is 0 Å². The zero-order chi connectivity index (χ0) is 10.7. The highest BCUT2D eigenvalue weighted by atomic mass is 127. The molecule has 1 aromatic rings. The third-order valence-corrected chi connectivity index (χ3v) is 3.72. The molecular weight excluding hydrogens is 363 g/mol. The third kappa shape index (κ3) is 2.47. The van der Waals surface area contributed by atoms with E-state index in [1.165, 1.54) is 7.11 Å². The molecule has 0 saturated heterocycles. The first-order valence-corrected chi connectivity index (χ1v) is 6.14. The number of nitrogens with zero attached hydrogens (tertiary/aromatic N) is 2. The molecule has 0 aliphatic heterocycles. The van der Waals surface area contributed by atoms with Crippen molar-refractivity contribution in [1.82, 2.24) is 9.78 Å². The molecule has 78 valence electrons. The van der Waals surface area contributed by atoms with Gasteiger partial charge in [0.25, 0.3) is 0 Å². The molecule has 0 bridgehead atoms. The molecular formula is C8H10BrIN2O2. The minimum absolute atomic E-state index is 0.168. The quantitative estimate of drug-likeness (QED) is 0.462. The zero-order valence-electron chi connectivity index (χ0n) is 7.88. The number of carbonyl (C=O) groups is 1. The molecule has 0 fully saturated rings. The lowest BCUT2D eigenvalue weighted by atomic mass is 10.4. The number of hydrogen-bond donors (Lipinski definition) is 0. The van der Waals surface area contributed by atoms with Gasteiger partial charge >= 0.3 is 5.97 Å². The van der Waals surface area contributed by atoms with Gasteiger partial charge in [-0.15, -0.1) is 0 Å². The summed E-state index contributed by atoms with van der Waals surface area (Å²) in [5.41, 5.74) is 1.94. The predicted octanol–water partition coefficient (Wildman–Crippen LogP) is 1.86. The van der Waals surface area contributed by atoms with Crippen molar-refractivity contribution in [3.05, 3.63) is 15.0 Å². The Hall–Kier alpha value is -0.110. The monoisotopic (exact) mass is 372 g/mol. The molecule has 0 atom stereocenters. The van der Waals surface area contributed by atoms with Crippen LogP contribution < -0.4 is 0 Å². The Kier molecular flexibility index (Phi) is 4.36. The average Bonchev–Trinajstić information content (AvgIpc) is 2.42. The van der Waals surface area contributed by atoms with Crippen molar-refractivity contribution in [2.75, 3.05) is 7.11 Å². The van der Waals surface area contributed by atoms with Crippen LogP contribution in [0.1, 0.15) is 11.4 Å². The summed E-state index contributed by atoms with van der Waals surface area (Å²) < 4.78 is 7.34. The maximum Gasteiger partial charge on any atom is 0.327 e. The Morgan fingerprint density at radius 1 is 1.71 bits per heavy atom.